The van der Waals surface area contributed by atoms with Crippen molar-refractivity contribution in [2.45, 2.75) is 38.6 Å². The van der Waals surface area contributed by atoms with E-state index in [0.717, 1.165) is 73.3 Å². The van der Waals surface area contributed by atoms with Gasteiger partial charge in [0.15, 0.2) is 0 Å². The third-order valence-corrected chi connectivity index (χ3v) is 6.24. The Morgan fingerprint density at radius 2 is 2.08 bits per heavy atom. The lowest BCUT2D eigenvalue weighted by atomic mass is 10.0. The van der Waals surface area contributed by atoms with E-state index in [9.17, 15) is 4.79 Å². The molecule has 0 saturated carbocycles. The number of piperidine rings is 1. The molecule has 2 fully saturated rings. The van der Waals surface area contributed by atoms with Crippen molar-refractivity contribution in [3.63, 3.8) is 0 Å². The topological polar surface area (TPSA) is 35.6 Å². The number of thioether (sulfide) groups is 1. The predicted molar refractivity (Wildman–Crippen MR) is 109 cm³/mol. The first kappa shape index (κ1) is 18.9. The van der Waals surface area contributed by atoms with Gasteiger partial charge in [-0.05, 0) is 50.6 Å². The molecule has 25 heavy (non-hydrogen) atoms. The minimum absolute atomic E-state index is 0.00808. The minimum Gasteiger partial charge on any atom is -0.369 e. The first-order chi connectivity index (χ1) is 12.2. The summed E-state index contributed by atoms with van der Waals surface area (Å²) in [5.74, 6) is 2.39. The summed E-state index contributed by atoms with van der Waals surface area (Å²) in [6.45, 7) is 6.25. The average molecular weight is 382 g/mol. The molecule has 2 aliphatic heterocycles. The Hall–Kier alpha value is -0.910. The maximum Gasteiger partial charge on any atom is 0.241 e. The Bertz CT molecular complexity index is 590. The Labute approximate surface area is 160 Å². The van der Waals surface area contributed by atoms with E-state index < -0.39 is 0 Å². The number of hydrogen-bond acceptors (Lipinski definition) is 4. The number of nitrogens with zero attached hydrogens (tertiary/aromatic N) is 2. The highest BCUT2D eigenvalue weighted by Gasteiger charge is 2.28. The fourth-order valence-electron chi connectivity index (χ4n) is 3.71. The summed E-state index contributed by atoms with van der Waals surface area (Å²) in [5.41, 5.74) is 1.87. The van der Waals surface area contributed by atoms with E-state index in [1.807, 2.05) is 30.0 Å². The van der Waals surface area contributed by atoms with Gasteiger partial charge in [-0.1, -0.05) is 24.9 Å². The molecule has 1 amide bonds. The summed E-state index contributed by atoms with van der Waals surface area (Å²) >= 11 is 8.48. The molecule has 1 N–H and O–H groups in total. The number of halogens is 1. The zero-order valence-electron chi connectivity index (χ0n) is 15.0. The van der Waals surface area contributed by atoms with Gasteiger partial charge in [0.05, 0.1) is 16.8 Å². The van der Waals surface area contributed by atoms with Gasteiger partial charge in [0.25, 0.3) is 0 Å². The number of rotatable bonds is 5. The van der Waals surface area contributed by atoms with Crippen LogP contribution in [0.15, 0.2) is 18.2 Å². The molecule has 1 atom stereocenters. The Morgan fingerprint density at radius 3 is 2.80 bits per heavy atom. The fourth-order valence-corrected chi connectivity index (χ4v) is 4.92. The third-order valence-electron chi connectivity index (χ3n) is 4.99. The highest BCUT2D eigenvalue weighted by atomic mass is 35.5. The molecule has 1 aromatic rings. The van der Waals surface area contributed by atoms with E-state index in [-0.39, 0.29) is 11.9 Å². The van der Waals surface area contributed by atoms with E-state index in [1.165, 1.54) is 6.42 Å². The Kier molecular flexibility index (Phi) is 6.91. The molecule has 4 nitrogen and oxygen atoms in total. The van der Waals surface area contributed by atoms with E-state index in [0.29, 0.717) is 0 Å². The summed E-state index contributed by atoms with van der Waals surface area (Å²) in [6.07, 6.45) is 4.35. The lowest BCUT2D eigenvalue weighted by molar-refractivity contribution is -0.122. The van der Waals surface area contributed by atoms with Crippen LogP contribution in [0.3, 0.4) is 0 Å². The number of likely N-dealkylation sites (tertiary alicyclic amines) is 1. The minimum atomic E-state index is -0.00808. The number of benzene rings is 1. The fraction of sp³-hybridized carbons (Fsp3) is 0.632. The number of carbonyl (C=O) groups is 1. The van der Waals surface area contributed by atoms with Gasteiger partial charge in [0, 0.05) is 30.3 Å². The highest BCUT2D eigenvalue weighted by Crippen LogP contribution is 2.31. The van der Waals surface area contributed by atoms with Gasteiger partial charge in [0.1, 0.15) is 0 Å². The van der Waals surface area contributed by atoms with Crippen LogP contribution in [0.1, 0.15) is 32.6 Å². The van der Waals surface area contributed by atoms with Crippen LogP contribution in [-0.4, -0.2) is 54.5 Å². The molecule has 1 aromatic carbocycles. The standard InChI is InChI=1S/C19H28ClN3OS/c1-2-8-22-9-4-3-5-18(22)19(24)21-15-6-7-17(16(20)14-15)23-10-12-25-13-11-23/h6-7,14,18H,2-5,8-13H2,1H3,(H,21,24). The maximum absolute atomic E-state index is 12.7. The van der Waals surface area contributed by atoms with Crippen molar-refractivity contribution in [2.75, 3.05) is 47.9 Å². The van der Waals surface area contributed by atoms with Crippen LogP contribution in [0.5, 0.6) is 0 Å². The number of carbonyl (C=O) groups excluding carboxylic acids is 1. The molecule has 2 saturated heterocycles. The van der Waals surface area contributed by atoms with E-state index >= 15 is 0 Å². The molecule has 0 aromatic heterocycles. The summed E-state index contributed by atoms with van der Waals surface area (Å²) in [7, 11) is 0. The molecule has 0 bridgehead atoms. The molecule has 3 rings (SSSR count). The first-order valence-electron chi connectivity index (χ1n) is 9.36. The molecular weight excluding hydrogens is 354 g/mol. The van der Waals surface area contributed by atoms with Crippen LogP contribution in [0, 0.1) is 0 Å². The summed E-state index contributed by atoms with van der Waals surface area (Å²) in [4.78, 5) is 17.4. The molecule has 2 heterocycles. The van der Waals surface area contributed by atoms with Crippen LogP contribution in [-0.2, 0) is 4.79 Å². The van der Waals surface area contributed by atoms with Crippen molar-refractivity contribution >= 4 is 40.6 Å². The Balaban J connectivity index is 1.65. The van der Waals surface area contributed by atoms with Gasteiger partial charge < -0.3 is 10.2 Å². The van der Waals surface area contributed by atoms with Gasteiger partial charge in [-0.25, -0.2) is 0 Å². The average Bonchev–Trinajstić information content (AvgIpc) is 2.63. The monoisotopic (exact) mass is 381 g/mol. The second-order valence-corrected chi connectivity index (χ2v) is 8.43. The van der Waals surface area contributed by atoms with Crippen molar-refractivity contribution < 1.29 is 4.79 Å². The summed E-state index contributed by atoms with van der Waals surface area (Å²) < 4.78 is 0. The van der Waals surface area contributed by atoms with Crippen molar-refractivity contribution in [1.82, 2.24) is 4.90 Å². The molecule has 0 spiro atoms. The number of amides is 1. The number of nitrogens with one attached hydrogen (secondary N) is 1. The van der Waals surface area contributed by atoms with Crippen LogP contribution in [0.2, 0.25) is 5.02 Å². The quantitative estimate of drug-likeness (QED) is 0.833. The molecular formula is C19H28ClN3OS. The molecule has 6 heteroatoms. The van der Waals surface area contributed by atoms with Crippen LogP contribution < -0.4 is 10.2 Å². The van der Waals surface area contributed by atoms with Crippen molar-refractivity contribution in [3.8, 4) is 0 Å². The van der Waals surface area contributed by atoms with Crippen LogP contribution >= 0.6 is 23.4 Å². The molecule has 2 aliphatic rings. The lowest BCUT2D eigenvalue weighted by Gasteiger charge is -2.34. The third kappa shape index (κ3) is 4.83. The SMILES string of the molecule is CCCN1CCCCC1C(=O)Nc1ccc(N2CCSCC2)c(Cl)c1. The second-order valence-electron chi connectivity index (χ2n) is 6.80. The molecule has 0 aliphatic carbocycles. The summed E-state index contributed by atoms with van der Waals surface area (Å²) in [6, 6.07) is 5.90. The number of hydrogen-bond donors (Lipinski definition) is 1. The smallest absolute Gasteiger partial charge is 0.241 e. The molecule has 1 unspecified atom stereocenters. The number of anilines is 2. The van der Waals surface area contributed by atoms with Crippen molar-refractivity contribution in [3.05, 3.63) is 23.2 Å². The summed E-state index contributed by atoms with van der Waals surface area (Å²) in [5, 5.41) is 3.80. The highest BCUT2D eigenvalue weighted by molar-refractivity contribution is 7.99. The van der Waals surface area contributed by atoms with Crippen molar-refractivity contribution in [2.24, 2.45) is 0 Å². The van der Waals surface area contributed by atoms with E-state index in [1.54, 1.807) is 0 Å². The van der Waals surface area contributed by atoms with Crippen molar-refractivity contribution in [1.29, 1.82) is 0 Å². The lowest BCUT2D eigenvalue weighted by Crippen LogP contribution is -2.47. The van der Waals surface area contributed by atoms with Gasteiger partial charge in [-0.3, -0.25) is 9.69 Å². The first-order valence-corrected chi connectivity index (χ1v) is 10.9. The van der Waals surface area contributed by atoms with E-state index in [2.05, 4.69) is 22.0 Å². The van der Waals surface area contributed by atoms with E-state index in [4.69, 9.17) is 11.6 Å². The molecule has 138 valence electrons. The zero-order chi connectivity index (χ0) is 17.6. The van der Waals surface area contributed by atoms with Gasteiger partial charge in [-0.2, -0.15) is 11.8 Å². The second kappa shape index (κ2) is 9.15. The maximum atomic E-state index is 12.7. The predicted octanol–water partition coefficient (Wildman–Crippen LogP) is 4.10. The van der Waals surface area contributed by atoms with Crippen LogP contribution in [0.25, 0.3) is 0 Å². The van der Waals surface area contributed by atoms with Crippen LogP contribution in [0.4, 0.5) is 11.4 Å². The van der Waals surface area contributed by atoms with Gasteiger partial charge >= 0.3 is 0 Å². The normalized spacial score (nSPS) is 22.0. The largest absolute Gasteiger partial charge is 0.369 e. The molecule has 0 radical (unpaired) electrons. The Morgan fingerprint density at radius 1 is 1.28 bits per heavy atom. The van der Waals surface area contributed by atoms with Gasteiger partial charge in [-0.15, -0.1) is 0 Å². The van der Waals surface area contributed by atoms with Gasteiger partial charge in [0.2, 0.25) is 5.91 Å². The zero-order valence-corrected chi connectivity index (χ0v) is 16.5.